The highest BCUT2D eigenvalue weighted by molar-refractivity contribution is 5.22. The third kappa shape index (κ3) is 2.78. The summed E-state index contributed by atoms with van der Waals surface area (Å²) in [5.41, 5.74) is 1.21. The third-order valence-electron chi connectivity index (χ3n) is 4.54. The van der Waals surface area contributed by atoms with Crippen LogP contribution in [0.4, 0.5) is 0 Å². The Labute approximate surface area is 125 Å². The lowest BCUT2D eigenvalue weighted by atomic mass is 9.64. The van der Waals surface area contributed by atoms with Gasteiger partial charge in [-0.05, 0) is 12.1 Å². The van der Waals surface area contributed by atoms with Crippen molar-refractivity contribution in [3.8, 4) is 5.75 Å². The summed E-state index contributed by atoms with van der Waals surface area (Å²) < 4.78 is 7.89. The maximum Gasteiger partial charge on any atom is 0.119 e. The van der Waals surface area contributed by atoms with E-state index in [2.05, 4.69) is 29.5 Å². The number of hydrogen-bond acceptors (Lipinski definition) is 4. The zero-order chi connectivity index (χ0) is 14.9. The first-order valence-corrected chi connectivity index (χ1v) is 7.36. The number of ether oxygens (including phenoxy) is 1. The van der Waals surface area contributed by atoms with Crippen molar-refractivity contribution in [3.05, 3.63) is 42.2 Å². The van der Waals surface area contributed by atoms with Crippen molar-refractivity contribution in [1.29, 1.82) is 0 Å². The molecule has 2 aromatic rings. The Bertz CT molecular complexity index is 593. The average Bonchev–Trinajstić information content (AvgIpc) is 2.88. The van der Waals surface area contributed by atoms with Gasteiger partial charge in [0.25, 0.3) is 0 Å². The molecule has 1 N–H and O–H groups in total. The first-order valence-electron chi connectivity index (χ1n) is 7.36. The normalized spacial score (nSPS) is 23.6. The van der Waals surface area contributed by atoms with E-state index >= 15 is 0 Å². The SMILES string of the molecule is Cn1nncc1CN[C@H]1C[C@@H](Oc2ccccc2)C1(C)C. The van der Waals surface area contributed by atoms with Crippen LogP contribution in [0.25, 0.3) is 0 Å². The summed E-state index contributed by atoms with van der Waals surface area (Å²) in [4.78, 5) is 0. The van der Waals surface area contributed by atoms with Crippen LogP contribution >= 0.6 is 0 Å². The Morgan fingerprint density at radius 1 is 1.33 bits per heavy atom. The molecule has 2 atom stereocenters. The van der Waals surface area contributed by atoms with Crippen molar-refractivity contribution < 1.29 is 4.74 Å². The summed E-state index contributed by atoms with van der Waals surface area (Å²) >= 11 is 0. The second kappa shape index (κ2) is 5.48. The molecule has 5 heteroatoms. The van der Waals surface area contributed by atoms with Crippen LogP contribution in [0.3, 0.4) is 0 Å². The first-order chi connectivity index (χ1) is 10.1. The van der Waals surface area contributed by atoms with Crippen molar-refractivity contribution in [3.63, 3.8) is 0 Å². The molecular weight excluding hydrogens is 264 g/mol. The van der Waals surface area contributed by atoms with E-state index in [9.17, 15) is 0 Å². The zero-order valence-electron chi connectivity index (χ0n) is 12.8. The van der Waals surface area contributed by atoms with E-state index in [0.29, 0.717) is 6.04 Å². The zero-order valence-corrected chi connectivity index (χ0v) is 12.8. The number of hydrogen-bond donors (Lipinski definition) is 1. The number of aromatic nitrogens is 3. The summed E-state index contributed by atoms with van der Waals surface area (Å²) in [6.45, 7) is 5.29. The van der Waals surface area contributed by atoms with Gasteiger partial charge in [0.05, 0.1) is 11.9 Å². The molecule has 1 aliphatic rings. The fourth-order valence-electron chi connectivity index (χ4n) is 2.79. The summed E-state index contributed by atoms with van der Waals surface area (Å²) in [6.07, 6.45) is 3.08. The van der Waals surface area contributed by atoms with Crippen LogP contribution < -0.4 is 10.1 Å². The Kier molecular flexibility index (Phi) is 3.68. The molecule has 0 radical (unpaired) electrons. The highest BCUT2D eigenvalue weighted by Gasteiger charge is 2.49. The number of aryl methyl sites for hydroxylation is 1. The lowest BCUT2D eigenvalue weighted by Gasteiger charge is -2.51. The van der Waals surface area contributed by atoms with Gasteiger partial charge < -0.3 is 10.1 Å². The van der Waals surface area contributed by atoms with Crippen LogP contribution in [0, 0.1) is 5.41 Å². The second-order valence-corrected chi connectivity index (χ2v) is 6.26. The minimum atomic E-state index is 0.113. The summed E-state index contributed by atoms with van der Waals surface area (Å²) in [6, 6.07) is 10.5. The van der Waals surface area contributed by atoms with Gasteiger partial charge in [-0.25, -0.2) is 0 Å². The molecule has 1 saturated carbocycles. The van der Waals surface area contributed by atoms with Crippen LogP contribution in [-0.4, -0.2) is 27.1 Å². The number of rotatable bonds is 5. The molecule has 0 amide bonds. The van der Waals surface area contributed by atoms with E-state index in [0.717, 1.165) is 24.4 Å². The molecule has 1 heterocycles. The molecule has 0 saturated heterocycles. The molecule has 112 valence electrons. The van der Waals surface area contributed by atoms with Crippen molar-refractivity contribution in [2.45, 2.75) is 39.0 Å². The maximum atomic E-state index is 6.09. The molecule has 0 bridgehead atoms. The van der Waals surface area contributed by atoms with Crippen LogP contribution in [0.5, 0.6) is 5.75 Å². The molecule has 1 aliphatic carbocycles. The van der Waals surface area contributed by atoms with Crippen molar-refractivity contribution in [1.82, 2.24) is 20.3 Å². The van der Waals surface area contributed by atoms with Crippen molar-refractivity contribution >= 4 is 0 Å². The van der Waals surface area contributed by atoms with Crippen molar-refractivity contribution in [2.75, 3.05) is 0 Å². The van der Waals surface area contributed by atoms with Crippen LogP contribution in [0.15, 0.2) is 36.5 Å². The summed E-state index contributed by atoms with van der Waals surface area (Å²) in [5.74, 6) is 0.949. The van der Waals surface area contributed by atoms with E-state index in [-0.39, 0.29) is 11.5 Å². The number of nitrogens with zero attached hydrogens (tertiary/aromatic N) is 3. The van der Waals surface area contributed by atoms with Gasteiger partial charge in [0.2, 0.25) is 0 Å². The van der Waals surface area contributed by atoms with Gasteiger partial charge in [-0.1, -0.05) is 37.3 Å². The van der Waals surface area contributed by atoms with E-state index in [4.69, 9.17) is 4.74 Å². The molecule has 5 nitrogen and oxygen atoms in total. The molecule has 21 heavy (non-hydrogen) atoms. The lowest BCUT2D eigenvalue weighted by Crippen LogP contribution is -2.61. The molecule has 1 fully saturated rings. The van der Waals surface area contributed by atoms with Crippen LogP contribution in [0.1, 0.15) is 26.0 Å². The molecular formula is C16H22N4O. The molecule has 1 aromatic heterocycles. The number of nitrogens with one attached hydrogen (secondary N) is 1. The van der Waals surface area contributed by atoms with Gasteiger partial charge in [-0.3, -0.25) is 4.68 Å². The highest BCUT2D eigenvalue weighted by atomic mass is 16.5. The molecule has 1 aromatic carbocycles. The molecule has 3 rings (SSSR count). The number of benzene rings is 1. The standard InChI is InChI=1S/C16H22N4O/c1-16(2)14(17-10-12-11-18-19-20(12)3)9-15(16)21-13-7-5-4-6-8-13/h4-8,11,14-15,17H,9-10H2,1-3H3/t14-,15+/m0/s1. The Morgan fingerprint density at radius 3 is 2.71 bits per heavy atom. The van der Waals surface area contributed by atoms with Crippen LogP contribution in [0.2, 0.25) is 0 Å². The Morgan fingerprint density at radius 2 is 2.10 bits per heavy atom. The van der Waals surface area contributed by atoms with Crippen LogP contribution in [-0.2, 0) is 13.6 Å². The minimum Gasteiger partial charge on any atom is -0.490 e. The maximum absolute atomic E-state index is 6.09. The van der Waals surface area contributed by atoms with E-state index < -0.39 is 0 Å². The Hall–Kier alpha value is -1.88. The van der Waals surface area contributed by atoms with Gasteiger partial charge in [-0.15, -0.1) is 5.10 Å². The summed E-state index contributed by atoms with van der Waals surface area (Å²) in [5, 5.41) is 11.4. The lowest BCUT2D eigenvalue weighted by molar-refractivity contribution is -0.0556. The van der Waals surface area contributed by atoms with Gasteiger partial charge in [0, 0.05) is 31.5 Å². The fraction of sp³-hybridized carbons (Fsp3) is 0.500. The van der Waals surface area contributed by atoms with Gasteiger partial charge in [0.1, 0.15) is 11.9 Å². The van der Waals surface area contributed by atoms with Gasteiger partial charge in [0.15, 0.2) is 0 Å². The second-order valence-electron chi connectivity index (χ2n) is 6.26. The smallest absolute Gasteiger partial charge is 0.119 e. The topological polar surface area (TPSA) is 52.0 Å². The monoisotopic (exact) mass is 286 g/mol. The third-order valence-corrected chi connectivity index (χ3v) is 4.54. The average molecular weight is 286 g/mol. The fourth-order valence-corrected chi connectivity index (χ4v) is 2.79. The predicted octanol–water partition coefficient (Wildman–Crippen LogP) is 2.15. The Balaban J connectivity index is 1.55. The van der Waals surface area contributed by atoms with E-state index in [1.54, 1.807) is 10.9 Å². The first kappa shape index (κ1) is 14.1. The molecule has 0 aliphatic heterocycles. The predicted molar refractivity (Wildman–Crippen MR) is 80.9 cm³/mol. The molecule has 0 unspecified atom stereocenters. The quantitative estimate of drug-likeness (QED) is 0.915. The van der Waals surface area contributed by atoms with Crippen molar-refractivity contribution in [2.24, 2.45) is 12.5 Å². The minimum absolute atomic E-state index is 0.113. The number of para-hydroxylation sites is 1. The highest BCUT2D eigenvalue weighted by Crippen LogP contribution is 2.43. The van der Waals surface area contributed by atoms with Gasteiger partial charge >= 0.3 is 0 Å². The van der Waals surface area contributed by atoms with Gasteiger partial charge in [-0.2, -0.15) is 0 Å². The molecule has 0 spiro atoms. The summed E-state index contributed by atoms with van der Waals surface area (Å²) in [7, 11) is 1.91. The van der Waals surface area contributed by atoms with E-state index in [1.165, 1.54) is 0 Å². The largest absolute Gasteiger partial charge is 0.490 e. The van der Waals surface area contributed by atoms with E-state index in [1.807, 2.05) is 37.4 Å².